The molecule has 0 saturated heterocycles. The summed E-state index contributed by atoms with van der Waals surface area (Å²) in [6.45, 7) is 3.80. The Bertz CT molecular complexity index is 951. The molecule has 3 atom stereocenters. The van der Waals surface area contributed by atoms with Crippen LogP contribution < -0.4 is 16.4 Å². The summed E-state index contributed by atoms with van der Waals surface area (Å²) in [5.74, 6) is 0.659. The number of nitrogens with zero attached hydrogens (tertiary/aromatic N) is 1. The highest BCUT2D eigenvalue weighted by molar-refractivity contribution is 6.04. The number of aryl methyl sites for hydroxylation is 1. The molecule has 1 heterocycles. The van der Waals surface area contributed by atoms with Crippen molar-refractivity contribution < 1.29 is 4.79 Å². The topological polar surface area (TPSA) is 80.0 Å². The Morgan fingerprint density at radius 2 is 2.00 bits per heavy atom. The van der Waals surface area contributed by atoms with E-state index in [4.69, 9.17) is 5.73 Å². The van der Waals surface area contributed by atoms with Gasteiger partial charge in [0.25, 0.3) is 5.91 Å². The van der Waals surface area contributed by atoms with Gasteiger partial charge in [0, 0.05) is 42.8 Å². The Hall–Kier alpha value is -2.76. The van der Waals surface area contributed by atoms with Gasteiger partial charge in [-0.25, -0.2) is 0 Å². The van der Waals surface area contributed by atoms with E-state index >= 15 is 0 Å². The molecule has 5 heteroatoms. The molecule has 0 bridgehead atoms. The van der Waals surface area contributed by atoms with Gasteiger partial charge in [-0.2, -0.15) is 0 Å². The molecule has 0 saturated carbocycles. The zero-order valence-corrected chi connectivity index (χ0v) is 17.5. The van der Waals surface area contributed by atoms with Crippen LogP contribution in [0.25, 0.3) is 0 Å². The number of hydrogen-bond acceptors (Lipinski definition) is 4. The fourth-order valence-corrected chi connectivity index (χ4v) is 4.51. The van der Waals surface area contributed by atoms with Crippen LogP contribution >= 0.6 is 0 Å². The molecule has 0 aliphatic heterocycles. The average molecular weight is 403 g/mol. The molecule has 1 aromatic carbocycles. The Morgan fingerprint density at radius 1 is 1.20 bits per heavy atom. The van der Waals surface area contributed by atoms with Gasteiger partial charge >= 0.3 is 0 Å². The van der Waals surface area contributed by atoms with Gasteiger partial charge in [0.05, 0.1) is 0 Å². The van der Waals surface area contributed by atoms with Crippen LogP contribution in [-0.4, -0.2) is 30.0 Å². The molecule has 2 aromatic rings. The minimum absolute atomic E-state index is 0.0369. The molecule has 0 spiro atoms. The zero-order valence-electron chi connectivity index (χ0n) is 17.5. The maximum Gasteiger partial charge on any atom is 0.251 e. The Balaban J connectivity index is 1.30. The first-order valence-corrected chi connectivity index (χ1v) is 10.8. The number of nitrogens with two attached hydrogens (primary N) is 1. The summed E-state index contributed by atoms with van der Waals surface area (Å²) in [5.41, 5.74) is 12.2. The second-order valence-electron chi connectivity index (χ2n) is 8.36. The number of nitrogens with one attached hydrogen (secondary N) is 2. The zero-order chi connectivity index (χ0) is 20.9. The predicted octanol–water partition coefficient (Wildman–Crippen LogP) is 3.56. The summed E-state index contributed by atoms with van der Waals surface area (Å²) in [7, 11) is 0. The van der Waals surface area contributed by atoms with E-state index in [1.54, 1.807) is 24.5 Å². The van der Waals surface area contributed by atoms with Gasteiger partial charge in [0.2, 0.25) is 0 Å². The largest absolute Gasteiger partial charge is 0.323 e. The van der Waals surface area contributed by atoms with E-state index in [1.165, 1.54) is 29.5 Å². The summed E-state index contributed by atoms with van der Waals surface area (Å²) in [6.07, 6.45) is 10.5. The molecule has 0 radical (unpaired) electrons. The van der Waals surface area contributed by atoms with Crippen LogP contribution in [0.3, 0.4) is 0 Å². The van der Waals surface area contributed by atoms with Gasteiger partial charge in [-0.3, -0.25) is 9.78 Å². The van der Waals surface area contributed by atoms with Crippen molar-refractivity contribution in [2.24, 2.45) is 11.7 Å². The molecule has 1 aromatic heterocycles. The number of carbonyl (C=O) groups is 1. The first-order chi connectivity index (χ1) is 14.6. The van der Waals surface area contributed by atoms with E-state index in [9.17, 15) is 4.79 Å². The molecule has 1 amide bonds. The van der Waals surface area contributed by atoms with Crippen LogP contribution in [-0.2, 0) is 11.2 Å². The normalized spacial score (nSPS) is 21.4. The van der Waals surface area contributed by atoms with Crippen molar-refractivity contribution in [3.05, 3.63) is 83.2 Å². The fourth-order valence-electron chi connectivity index (χ4n) is 4.51. The third kappa shape index (κ3) is 4.69. The molecule has 1 unspecified atom stereocenters. The highest BCUT2D eigenvalue weighted by atomic mass is 16.1. The number of hydrogen-bond donors (Lipinski definition) is 3. The third-order valence-electron chi connectivity index (χ3n) is 6.24. The van der Waals surface area contributed by atoms with Gasteiger partial charge in [-0.05, 0) is 54.4 Å². The lowest BCUT2D eigenvalue weighted by Crippen LogP contribution is -2.38. The SMILES string of the molecule is CC1CC([C@@H](N)CNC[C@H]2CCc3ccccc32)=CC=C1C(=O)Nc1ccncc1. The van der Waals surface area contributed by atoms with Crippen LogP contribution in [0.15, 0.2) is 72.1 Å². The van der Waals surface area contributed by atoms with Crippen molar-refractivity contribution in [1.29, 1.82) is 0 Å². The van der Waals surface area contributed by atoms with E-state index in [2.05, 4.69) is 46.8 Å². The quantitative estimate of drug-likeness (QED) is 0.662. The molecule has 156 valence electrons. The third-order valence-corrected chi connectivity index (χ3v) is 6.24. The van der Waals surface area contributed by atoms with Crippen molar-refractivity contribution in [2.75, 3.05) is 18.4 Å². The standard InChI is InChI=1S/C25H30N4O/c1-17-14-19(8-9-22(17)25(30)29-21-10-12-27-13-11-21)24(26)16-28-15-20-7-6-18-4-2-3-5-23(18)20/h2-5,8-13,17,20,24,28H,6-7,14-16,26H2,1H3,(H,27,29,30)/t17?,20-,24+/m1/s1. The first kappa shape index (κ1) is 20.5. The second-order valence-corrected chi connectivity index (χ2v) is 8.36. The van der Waals surface area contributed by atoms with Crippen molar-refractivity contribution >= 4 is 11.6 Å². The van der Waals surface area contributed by atoms with Crippen molar-refractivity contribution in [3.8, 4) is 0 Å². The van der Waals surface area contributed by atoms with Gasteiger partial charge in [-0.15, -0.1) is 0 Å². The van der Waals surface area contributed by atoms with Gasteiger partial charge in [-0.1, -0.05) is 48.9 Å². The number of fused-ring (bicyclic) bond motifs is 1. The summed E-state index contributed by atoms with van der Waals surface area (Å²) in [6, 6.07) is 12.3. The first-order valence-electron chi connectivity index (χ1n) is 10.8. The van der Waals surface area contributed by atoms with Gasteiger partial charge in [0.1, 0.15) is 0 Å². The number of pyridine rings is 1. The maximum atomic E-state index is 12.6. The smallest absolute Gasteiger partial charge is 0.251 e. The second kappa shape index (κ2) is 9.37. The van der Waals surface area contributed by atoms with Crippen molar-refractivity contribution in [2.45, 2.75) is 38.1 Å². The van der Waals surface area contributed by atoms with Gasteiger partial charge < -0.3 is 16.4 Å². The molecule has 30 heavy (non-hydrogen) atoms. The minimum Gasteiger partial charge on any atom is -0.323 e. The van der Waals surface area contributed by atoms with Crippen LogP contribution in [0.4, 0.5) is 5.69 Å². The van der Waals surface area contributed by atoms with Crippen molar-refractivity contribution in [1.82, 2.24) is 10.3 Å². The summed E-state index contributed by atoms with van der Waals surface area (Å²) < 4.78 is 0. The minimum atomic E-state index is -0.0596. The van der Waals surface area contributed by atoms with Crippen molar-refractivity contribution in [3.63, 3.8) is 0 Å². The Morgan fingerprint density at radius 3 is 2.80 bits per heavy atom. The highest BCUT2D eigenvalue weighted by Crippen LogP contribution is 2.32. The van der Waals surface area contributed by atoms with E-state index in [0.29, 0.717) is 5.92 Å². The Labute approximate surface area is 178 Å². The maximum absolute atomic E-state index is 12.6. The molecular formula is C25H30N4O. The summed E-state index contributed by atoms with van der Waals surface area (Å²) in [4.78, 5) is 16.6. The number of anilines is 1. The number of carbonyl (C=O) groups excluding carboxylic acids is 1. The van der Waals surface area contributed by atoms with Crippen LogP contribution in [0.2, 0.25) is 0 Å². The molecule has 4 N–H and O–H groups in total. The lowest BCUT2D eigenvalue weighted by Gasteiger charge is -2.25. The van der Waals surface area contributed by atoms with Gasteiger partial charge in [0.15, 0.2) is 0 Å². The number of rotatable bonds is 7. The lowest BCUT2D eigenvalue weighted by molar-refractivity contribution is -0.113. The van der Waals surface area contributed by atoms with Crippen LogP contribution in [0.5, 0.6) is 0 Å². The van der Waals surface area contributed by atoms with E-state index < -0.39 is 0 Å². The number of allylic oxidation sites excluding steroid dienone is 2. The fraction of sp³-hybridized carbons (Fsp3) is 0.360. The van der Waals surface area contributed by atoms with E-state index in [-0.39, 0.29) is 17.9 Å². The average Bonchev–Trinajstić information content (AvgIpc) is 3.17. The van der Waals surface area contributed by atoms with E-state index in [1.807, 2.05) is 12.2 Å². The molecule has 5 nitrogen and oxygen atoms in total. The molecule has 4 rings (SSSR count). The highest BCUT2D eigenvalue weighted by Gasteiger charge is 2.25. The van der Waals surface area contributed by atoms with Crippen LogP contribution in [0.1, 0.15) is 36.8 Å². The monoisotopic (exact) mass is 402 g/mol. The molecular weight excluding hydrogens is 372 g/mol. The number of aromatic nitrogens is 1. The molecule has 2 aliphatic rings. The number of benzene rings is 1. The molecule has 0 fully saturated rings. The summed E-state index contributed by atoms with van der Waals surface area (Å²) in [5, 5.41) is 6.51. The molecule has 2 aliphatic carbocycles. The summed E-state index contributed by atoms with van der Waals surface area (Å²) >= 11 is 0. The number of amides is 1. The van der Waals surface area contributed by atoms with E-state index in [0.717, 1.165) is 30.8 Å². The van der Waals surface area contributed by atoms with Crippen LogP contribution in [0, 0.1) is 5.92 Å². The predicted molar refractivity (Wildman–Crippen MR) is 121 cm³/mol. The lowest BCUT2D eigenvalue weighted by atomic mass is 9.85. The Kier molecular flexibility index (Phi) is 6.41.